The predicted octanol–water partition coefficient (Wildman–Crippen LogP) is 3.36. The number of benzene rings is 2. The van der Waals surface area contributed by atoms with E-state index in [0.717, 1.165) is 18.4 Å². The summed E-state index contributed by atoms with van der Waals surface area (Å²) in [6.07, 6.45) is 3.34. The first-order valence-corrected chi connectivity index (χ1v) is 12.0. The molecular formula is C23H29N3O3S. The van der Waals surface area contributed by atoms with Crippen LogP contribution in [0.3, 0.4) is 0 Å². The second-order valence-corrected chi connectivity index (χ2v) is 10.3. The van der Waals surface area contributed by atoms with Gasteiger partial charge in [0, 0.05) is 29.4 Å². The molecule has 6 nitrogen and oxygen atoms in total. The summed E-state index contributed by atoms with van der Waals surface area (Å²) in [4.78, 5) is 12.8. The molecule has 2 saturated heterocycles. The molecule has 160 valence electrons. The zero-order valence-electron chi connectivity index (χ0n) is 17.6. The van der Waals surface area contributed by atoms with Gasteiger partial charge in [0.05, 0.1) is 4.90 Å². The molecule has 2 fully saturated rings. The van der Waals surface area contributed by atoms with E-state index in [1.165, 1.54) is 6.42 Å². The highest BCUT2D eigenvalue weighted by Gasteiger charge is 2.42. The lowest BCUT2D eigenvalue weighted by atomic mass is 9.85. The van der Waals surface area contributed by atoms with Crippen molar-refractivity contribution in [2.75, 3.05) is 5.32 Å². The molecule has 0 aromatic heterocycles. The third kappa shape index (κ3) is 4.15. The van der Waals surface area contributed by atoms with Gasteiger partial charge in [0.25, 0.3) is 5.91 Å². The highest BCUT2D eigenvalue weighted by Crippen LogP contribution is 2.35. The summed E-state index contributed by atoms with van der Waals surface area (Å²) in [7, 11) is -3.63. The number of hydrogen-bond donors (Lipinski definition) is 3. The molecule has 0 saturated carbocycles. The van der Waals surface area contributed by atoms with Gasteiger partial charge in [0.2, 0.25) is 10.0 Å². The molecule has 3 N–H and O–H groups in total. The van der Waals surface area contributed by atoms with E-state index in [2.05, 4.69) is 15.4 Å². The number of sulfonamides is 1. The van der Waals surface area contributed by atoms with Gasteiger partial charge in [-0.3, -0.25) is 4.79 Å². The molecule has 0 spiro atoms. The molecule has 30 heavy (non-hydrogen) atoms. The molecule has 2 heterocycles. The van der Waals surface area contributed by atoms with Crippen LogP contribution in [0.1, 0.15) is 47.7 Å². The molecule has 0 radical (unpaired) electrons. The molecular weight excluding hydrogens is 398 g/mol. The van der Waals surface area contributed by atoms with Crippen LogP contribution in [-0.2, 0) is 10.0 Å². The van der Waals surface area contributed by atoms with Crippen LogP contribution >= 0.6 is 0 Å². The number of carbonyl (C=O) groups is 1. The van der Waals surface area contributed by atoms with E-state index in [4.69, 9.17) is 0 Å². The SMILES string of the molecule is Cc1cc(S(=O)(=O)N[C@H](C)C2C[C@@H]3CCC2N3)ccc1NC(=O)c1ccccc1C. The van der Waals surface area contributed by atoms with Gasteiger partial charge in [0.15, 0.2) is 0 Å². The van der Waals surface area contributed by atoms with Crippen molar-refractivity contribution in [1.82, 2.24) is 10.0 Å². The molecule has 0 aliphatic carbocycles. The maximum atomic E-state index is 12.9. The second-order valence-electron chi connectivity index (χ2n) is 8.60. The van der Waals surface area contributed by atoms with Gasteiger partial charge >= 0.3 is 0 Å². The Morgan fingerprint density at radius 2 is 1.87 bits per heavy atom. The van der Waals surface area contributed by atoms with Crippen molar-refractivity contribution in [3.8, 4) is 0 Å². The quantitative estimate of drug-likeness (QED) is 0.660. The fourth-order valence-electron chi connectivity index (χ4n) is 4.78. The number of amides is 1. The summed E-state index contributed by atoms with van der Waals surface area (Å²) < 4.78 is 28.7. The Kier molecular flexibility index (Phi) is 5.70. The lowest BCUT2D eigenvalue weighted by Crippen LogP contribution is -2.42. The zero-order valence-corrected chi connectivity index (χ0v) is 18.4. The average Bonchev–Trinajstić information content (AvgIpc) is 3.33. The van der Waals surface area contributed by atoms with Gasteiger partial charge in [-0.05, 0) is 81.3 Å². The lowest BCUT2D eigenvalue weighted by molar-refractivity contribution is 0.102. The minimum atomic E-state index is -3.63. The van der Waals surface area contributed by atoms with Gasteiger partial charge in [0.1, 0.15) is 0 Å². The molecule has 7 heteroatoms. The number of nitrogens with one attached hydrogen (secondary N) is 3. The van der Waals surface area contributed by atoms with Crippen molar-refractivity contribution in [3.05, 3.63) is 59.2 Å². The smallest absolute Gasteiger partial charge is 0.255 e. The van der Waals surface area contributed by atoms with Crippen molar-refractivity contribution < 1.29 is 13.2 Å². The summed E-state index contributed by atoms with van der Waals surface area (Å²) in [5, 5.41) is 6.45. The lowest BCUT2D eigenvalue weighted by Gasteiger charge is -2.27. The first-order chi connectivity index (χ1) is 14.2. The maximum absolute atomic E-state index is 12.9. The van der Waals surface area contributed by atoms with Crippen LogP contribution in [0.4, 0.5) is 5.69 Å². The van der Waals surface area contributed by atoms with Gasteiger partial charge < -0.3 is 10.6 Å². The number of anilines is 1. The normalized spacial score (nSPS) is 24.0. The molecule has 4 atom stereocenters. The van der Waals surface area contributed by atoms with E-state index >= 15 is 0 Å². The van der Waals surface area contributed by atoms with Crippen molar-refractivity contribution in [3.63, 3.8) is 0 Å². The average molecular weight is 428 g/mol. The van der Waals surface area contributed by atoms with E-state index in [1.54, 1.807) is 31.2 Å². The number of rotatable bonds is 6. The van der Waals surface area contributed by atoms with Crippen LogP contribution in [0.5, 0.6) is 0 Å². The van der Waals surface area contributed by atoms with Crippen LogP contribution in [0.25, 0.3) is 0 Å². The number of aryl methyl sites for hydroxylation is 2. The minimum Gasteiger partial charge on any atom is -0.322 e. The third-order valence-electron chi connectivity index (χ3n) is 6.48. The standard InChI is InChI=1S/C23H29N3O3S/c1-14-6-4-5-7-19(14)23(27)25-21-11-9-18(12-15(21)2)30(28,29)26-16(3)20-13-17-8-10-22(20)24-17/h4-7,9,11-12,16-17,20,22,24,26H,8,10,13H2,1-3H3,(H,25,27)/t16-,17+,20?,22?/m1/s1. The molecule has 2 aromatic rings. The van der Waals surface area contributed by atoms with Gasteiger partial charge in [-0.1, -0.05) is 18.2 Å². The Hall–Kier alpha value is -2.22. The van der Waals surface area contributed by atoms with E-state index in [9.17, 15) is 13.2 Å². The molecule has 1 amide bonds. The minimum absolute atomic E-state index is 0.126. The fraction of sp³-hybridized carbons (Fsp3) is 0.435. The number of carbonyl (C=O) groups excluding carboxylic acids is 1. The predicted molar refractivity (Wildman–Crippen MR) is 118 cm³/mol. The van der Waals surface area contributed by atoms with Crippen molar-refractivity contribution >= 4 is 21.6 Å². The molecule has 2 aliphatic rings. The Morgan fingerprint density at radius 3 is 2.50 bits per heavy atom. The van der Waals surface area contributed by atoms with Crippen LogP contribution in [0.15, 0.2) is 47.4 Å². The second kappa shape index (κ2) is 8.13. The van der Waals surface area contributed by atoms with Crippen molar-refractivity contribution in [2.24, 2.45) is 5.92 Å². The Bertz CT molecular complexity index is 1070. The van der Waals surface area contributed by atoms with E-state index in [0.29, 0.717) is 34.8 Å². The number of fused-ring (bicyclic) bond motifs is 2. The Balaban J connectivity index is 1.46. The fourth-order valence-corrected chi connectivity index (χ4v) is 6.16. The maximum Gasteiger partial charge on any atom is 0.255 e. The van der Waals surface area contributed by atoms with E-state index < -0.39 is 10.0 Å². The molecule has 2 aromatic carbocycles. The third-order valence-corrected chi connectivity index (χ3v) is 8.04. The first-order valence-electron chi connectivity index (χ1n) is 10.5. The summed E-state index contributed by atoms with van der Waals surface area (Å²) in [5.41, 5.74) is 2.80. The van der Waals surface area contributed by atoms with Gasteiger partial charge in [-0.25, -0.2) is 13.1 Å². The van der Waals surface area contributed by atoms with Crippen LogP contribution < -0.4 is 15.4 Å². The largest absolute Gasteiger partial charge is 0.322 e. The molecule has 2 bridgehead atoms. The van der Waals surface area contributed by atoms with Crippen LogP contribution in [0, 0.1) is 19.8 Å². The van der Waals surface area contributed by atoms with E-state index in [1.807, 2.05) is 32.0 Å². The summed E-state index contributed by atoms with van der Waals surface area (Å²) in [6, 6.07) is 13.0. The van der Waals surface area contributed by atoms with Crippen LogP contribution in [0.2, 0.25) is 0 Å². The van der Waals surface area contributed by atoms with E-state index in [-0.39, 0.29) is 16.8 Å². The highest BCUT2D eigenvalue weighted by atomic mass is 32.2. The summed E-state index contributed by atoms with van der Waals surface area (Å²) in [6.45, 7) is 5.64. The first kappa shape index (κ1) is 21.0. The summed E-state index contributed by atoms with van der Waals surface area (Å²) in [5.74, 6) is 0.120. The molecule has 2 aliphatic heterocycles. The molecule has 4 rings (SSSR count). The summed E-state index contributed by atoms with van der Waals surface area (Å²) >= 11 is 0. The number of hydrogen-bond acceptors (Lipinski definition) is 4. The van der Waals surface area contributed by atoms with Gasteiger partial charge in [-0.2, -0.15) is 0 Å². The Labute approximate surface area is 178 Å². The molecule has 2 unspecified atom stereocenters. The monoisotopic (exact) mass is 427 g/mol. The van der Waals surface area contributed by atoms with Crippen molar-refractivity contribution in [1.29, 1.82) is 0 Å². The zero-order chi connectivity index (χ0) is 21.5. The van der Waals surface area contributed by atoms with Crippen LogP contribution in [-0.4, -0.2) is 32.5 Å². The van der Waals surface area contributed by atoms with Crippen molar-refractivity contribution in [2.45, 2.75) is 63.1 Å². The van der Waals surface area contributed by atoms with Gasteiger partial charge in [-0.15, -0.1) is 0 Å². The Morgan fingerprint density at radius 1 is 1.10 bits per heavy atom. The topological polar surface area (TPSA) is 87.3 Å². The highest BCUT2D eigenvalue weighted by molar-refractivity contribution is 7.89.